The predicted octanol–water partition coefficient (Wildman–Crippen LogP) is 4.38. The second-order valence-electron chi connectivity index (χ2n) is 5.41. The van der Waals surface area contributed by atoms with E-state index in [1.807, 2.05) is 18.2 Å². The second kappa shape index (κ2) is 5.85. The highest BCUT2D eigenvalue weighted by molar-refractivity contribution is 6.31. The van der Waals surface area contributed by atoms with Crippen molar-refractivity contribution in [1.82, 2.24) is 0 Å². The average Bonchev–Trinajstić information content (AvgIpc) is 3.01. The molecule has 3 rings (SSSR count). The summed E-state index contributed by atoms with van der Waals surface area (Å²) < 4.78 is 0. The summed E-state index contributed by atoms with van der Waals surface area (Å²) in [7, 11) is 0. The van der Waals surface area contributed by atoms with Gasteiger partial charge in [0.05, 0.1) is 0 Å². The van der Waals surface area contributed by atoms with E-state index >= 15 is 0 Å². The molecule has 22 heavy (non-hydrogen) atoms. The van der Waals surface area contributed by atoms with Crippen LogP contribution in [0.3, 0.4) is 0 Å². The molecule has 0 heterocycles. The number of hydrogen-bond acceptors (Lipinski definition) is 2. The summed E-state index contributed by atoms with van der Waals surface area (Å²) in [6, 6.07) is 10.3. The molecule has 0 saturated heterocycles. The van der Waals surface area contributed by atoms with E-state index in [0.29, 0.717) is 10.6 Å². The molecular formula is C18H16ClNO2. The third kappa shape index (κ3) is 2.72. The first kappa shape index (κ1) is 14.7. The van der Waals surface area contributed by atoms with E-state index in [2.05, 4.69) is 6.08 Å². The van der Waals surface area contributed by atoms with Gasteiger partial charge in [-0.1, -0.05) is 29.8 Å². The topological polar surface area (TPSA) is 63.3 Å². The van der Waals surface area contributed by atoms with Gasteiger partial charge in [0, 0.05) is 10.6 Å². The zero-order chi connectivity index (χ0) is 15.7. The molecule has 0 aliphatic heterocycles. The van der Waals surface area contributed by atoms with Crippen molar-refractivity contribution < 1.29 is 9.90 Å². The number of halogens is 1. The Bertz CT molecular complexity index is 763. The van der Waals surface area contributed by atoms with Crippen LogP contribution < -0.4 is 5.73 Å². The summed E-state index contributed by atoms with van der Waals surface area (Å²) in [5.74, 6) is -0.284. The Morgan fingerprint density at radius 1 is 1.18 bits per heavy atom. The van der Waals surface area contributed by atoms with Gasteiger partial charge in [-0.2, -0.15) is 0 Å². The molecule has 0 aromatic heterocycles. The third-order valence-electron chi connectivity index (χ3n) is 3.91. The maximum atomic E-state index is 11.9. The molecule has 0 spiro atoms. The molecule has 0 radical (unpaired) electrons. The Morgan fingerprint density at radius 3 is 2.50 bits per heavy atom. The highest BCUT2D eigenvalue weighted by Gasteiger charge is 2.20. The number of nitrogens with two attached hydrogens (primary N) is 1. The van der Waals surface area contributed by atoms with Crippen LogP contribution in [0.2, 0.25) is 5.02 Å². The van der Waals surface area contributed by atoms with E-state index < -0.39 is 5.91 Å². The van der Waals surface area contributed by atoms with Gasteiger partial charge in [-0.15, -0.1) is 0 Å². The number of allylic oxidation sites excluding steroid dienone is 2. The zero-order valence-corrected chi connectivity index (χ0v) is 12.7. The van der Waals surface area contributed by atoms with Gasteiger partial charge in [0.15, 0.2) is 0 Å². The van der Waals surface area contributed by atoms with Crippen molar-refractivity contribution in [3.05, 3.63) is 58.6 Å². The molecule has 4 heteroatoms. The van der Waals surface area contributed by atoms with Crippen molar-refractivity contribution in [3.63, 3.8) is 0 Å². The van der Waals surface area contributed by atoms with Gasteiger partial charge in [0.2, 0.25) is 5.91 Å². The number of rotatable bonds is 3. The van der Waals surface area contributed by atoms with Crippen LogP contribution in [0.25, 0.3) is 16.7 Å². The quantitative estimate of drug-likeness (QED) is 0.883. The largest absolute Gasteiger partial charge is 0.508 e. The molecule has 3 N–H and O–H groups in total. The van der Waals surface area contributed by atoms with Gasteiger partial charge in [-0.05, 0) is 65.8 Å². The minimum Gasteiger partial charge on any atom is -0.508 e. The molecule has 1 aliphatic rings. The summed E-state index contributed by atoms with van der Waals surface area (Å²) >= 11 is 6.18. The van der Waals surface area contributed by atoms with Gasteiger partial charge in [-0.25, -0.2) is 0 Å². The van der Waals surface area contributed by atoms with Crippen molar-refractivity contribution >= 4 is 23.1 Å². The lowest BCUT2D eigenvalue weighted by Crippen LogP contribution is -2.14. The van der Waals surface area contributed by atoms with E-state index in [0.717, 1.165) is 41.5 Å². The van der Waals surface area contributed by atoms with Crippen molar-refractivity contribution in [2.45, 2.75) is 19.3 Å². The Labute approximate surface area is 134 Å². The molecule has 1 aliphatic carbocycles. The Kier molecular flexibility index (Phi) is 3.90. The van der Waals surface area contributed by atoms with E-state index in [-0.39, 0.29) is 5.75 Å². The minimum absolute atomic E-state index is 0.197. The molecule has 2 aromatic rings. The molecule has 0 atom stereocenters. The number of amides is 1. The van der Waals surface area contributed by atoms with Gasteiger partial charge >= 0.3 is 0 Å². The number of primary amides is 1. The van der Waals surface area contributed by atoms with E-state index in [1.54, 1.807) is 18.2 Å². The fraction of sp³-hybridized carbons (Fsp3) is 0.167. The number of benzene rings is 2. The van der Waals surface area contributed by atoms with Crippen LogP contribution in [0.4, 0.5) is 0 Å². The van der Waals surface area contributed by atoms with E-state index in [1.165, 1.54) is 0 Å². The molecule has 0 fully saturated rings. The number of carbonyl (C=O) groups is 1. The normalized spacial score (nSPS) is 14.0. The van der Waals surface area contributed by atoms with Crippen LogP contribution >= 0.6 is 11.6 Å². The minimum atomic E-state index is -0.481. The summed E-state index contributed by atoms with van der Waals surface area (Å²) in [6.45, 7) is 0. The van der Waals surface area contributed by atoms with Crippen molar-refractivity contribution in [2.75, 3.05) is 0 Å². The maximum Gasteiger partial charge on any atom is 0.249 e. The molecule has 0 bridgehead atoms. The van der Waals surface area contributed by atoms with Crippen LogP contribution in [-0.4, -0.2) is 11.0 Å². The standard InChI is InChI=1S/C18H16ClNO2/c19-13-9-15(11-5-7-14(21)8-6-11)17(12-3-1-2-4-12)16(10-13)18(20)22/h3,5-10,21H,1-2,4H2,(H2,20,22). The SMILES string of the molecule is NC(=O)c1cc(Cl)cc(-c2ccc(O)cc2)c1C1=CCCC1. The molecule has 112 valence electrons. The van der Waals surface area contributed by atoms with Gasteiger partial charge in [0.1, 0.15) is 5.75 Å². The first-order chi connectivity index (χ1) is 10.6. The molecule has 0 unspecified atom stereocenters. The molecule has 3 nitrogen and oxygen atoms in total. The molecular weight excluding hydrogens is 298 g/mol. The number of phenolic OH excluding ortho intramolecular Hbond substituents is 1. The first-order valence-corrected chi connectivity index (χ1v) is 7.56. The van der Waals surface area contributed by atoms with Crippen LogP contribution in [0.15, 0.2) is 42.5 Å². The van der Waals surface area contributed by atoms with Crippen LogP contribution in [0.1, 0.15) is 35.2 Å². The van der Waals surface area contributed by atoms with Gasteiger partial charge < -0.3 is 10.8 Å². The van der Waals surface area contributed by atoms with Crippen molar-refractivity contribution in [2.24, 2.45) is 5.73 Å². The van der Waals surface area contributed by atoms with Crippen molar-refractivity contribution in [1.29, 1.82) is 0 Å². The van der Waals surface area contributed by atoms with E-state index in [9.17, 15) is 9.90 Å². The monoisotopic (exact) mass is 313 g/mol. The fourth-order valence-electron chi connectivity index (χ4n) is 2.91. The molecule has 2 aromatic carbocycles. The zero-order valence-electron chi connectivity index (χ0n) is 12.0. The van der Waals surface area contributed by atoms with Crippen LogP contribution in [0.5, 0.6) is 5.75 Å². The Morgan fingerprint density at radius 2 is 1.91 bits per heavy atom. The molecule has 1 amide bonds. The molecule has 0 saturated carbocycles. The Hall–Kier alpha value is -2.26. The maximum absolute atomic E-state index is 11.9. The average molecular weight is 314 g/mol. The predicted molar refractivity (Wildman–Crippen MR) is 88.9 cm³/mol. The number of hydrogen-bond donors (Lipinski definition) is 2. The van der Waals surface area contributed by atoms with Gasteiger partial charge in [-0.3, -0.25) is 4.79 Å². The first-order valence-electron chi connectivity index (χ1n) is 7.18. The lowest BCUT2D eigenvalue weighted by atomic mass is 9.89. The van der Waals surface area contributed by atoms with Crippen LogP contribution in [-0.2, 0) is 0 Å². The summed E-state index contributed by atoms with van der Waals surface area (Å²) in [4.78, 5) is 11.9. The highest BCUT2D eigenvalue weighted by atomic mass is 35.5. The Balaban J connectivity index is 2.27. The highest BCUT2D eigenvalue weighted by Crippen LogP contribution is 2.39. The smallest absolute Gasteiger partial charge is 0.249 e. The summed E-state index contributed by atoms with van der Waals surface area (Å²) in [5, 5.41) is 9.94. The van der Waals surface area contributed by atoms with Crippen LogP contribution in [0, 0.1) is 0 Å². The number of phenols is 1. The van der Waals surface area contributed by atoms with Gasteiger partial charge in [0.25, 0.3) is 0 Å². The summed E-state index contributed by atoms with van der Waals surface area (Å²) in [5.41, 5.74) is 9.76. The van der Waals surface area contributed by atoms with E-state index in [4.69, 9.17) is 17.3 Å². The van der Waals surface area contributed by atoms with Crippen molar-refractivity contribution in [3.8, 4) is 16.9 Å². The second-order valence-corrected chi connectivity index (χ2v) is 5.85. The fourth-order valence-corrected chi connectivity index (χ4v) is 3.13. The lowest BCUT2D eigenvalue weighted by molar-refractivity contribution is 0.1000. The third-order valence-corrected chi connectivity index (χ3v) is 4.13. The summed E-state index contributed by atoms with van der Waals surface area (Å²) in [6.07, 6.45) is 5.16. The lowest BCUT2D eigenvalue weighted by Gasteiger charge is -2.16. The number of carbonyl (C=O) groups excluding carboxylic acids is 1. The number of aromatic hydroxyl groups is 1.